The van der Waals surface area contributed by atoms with Gasteiger partial charge >= 0.3 is 0 Å². The van der Waals surface area contributed by atoms with Crippen molar-refractivity contribution in [1.82, 2.24) is 15.1 Å². The van der Waals surface area contributed by atoms with Crippen molar-refractivity contribution in [2.45, 2.75) is 25.4 Å². The van der Waals surface area contributed by atoms with Crippen LogP contribution in [0.5, 0.6) is 0 Å². The maximum absolute atomic E-state index is 9.10. The molecule has 2 aliphatic heterocycles. The van der Waals surface area contributed by atoms with E-state index in [9.17, 15) is 0 Å². The number of nitrogens with one attached hydrogen (secondary N) is 1. The molecule has 118 valence electrons. The first kappa shape index (κ1) is 15.4. The number of benzene rings is 1. The zero-order chi connectivity index (χ0) is 16.1. The van der Waals surface area contributed by atoms with E-state index < -0.39 is 0 Å². The molecule has 2 heterocycles. The summed E-state index contributed by atoms with van der Waals surface area (Å²) >= 11 is 0. The van der Waals surface area contributed by atoms with E-state index in [1.165, 1.54) is 5.56 Å². The molecule has 1 N–H and O–H groups in total. The number of likely N-dealkylation sites (tertiary alicyclic amines) is 1. The minimum atomic E-state index is 0.203. The highest BCUT2D eigenvalue weighted by Crippen LogP contribution is 2.24. The van der Waals surface area contributed by atoms with E-state index in [1.54, 1.807) is 0 Å². The molecule has 1 aromatic rings. The molecule has 0 bridgehead atoms. The van der Waals surface area contributed by atoms with Crippen LogP contribution in [0.25, 0.3) is 0 Å². The van der Waals surface area contributed by atoms with Crippen molar-refractivity contribution in [1.29, 1.82) is 10.5 Å². The normalized spacial score (nSPS) is 19.0. The zero-order valence-electron chi connectivity index (χ0n) is 13.2. The van der Waals surface area contributed by atoms with Crippen molar-refractivity contribution < 1.29 is 0 Å². The van der Waals surface area contributed by atoms with Gasteiger partial charge in [0.2, 0.25) is 0 Å². The van der Waals surface area contributed by atoms with Crippen LogP contribution < -0.4 is 5.32 Å². The maximum atomic E-state index is 9.10. The highest BCUT2D eigenvalue weighted by molar-refractivity contribution is 5.40. The van der Waals surface area contributed by atoms with Gasteiger partial charge in [-0.2, -0.15) is 10.5 Å². The predicted octanol–water partition coefficient (Wildman–Crippen LogP) is 1.81. The third kappa shape index (κ3) is 3.47. The lowest BCUT2D eigenvalue weighted by atomic mass is 10.0. The van der Waals surface area contributed by atoms with Gasteiger partial charge < -0.3 is 10.2 Å². The SMILES string of the molecule is N#CC(C#N)=C1NCCN1C1CCN(Cc2ccccc2)CC1. The maximum Gasteiger partial charge on any atom is 0.169 e. The van der Waals surface area contributed by atoms with Gasteiger partial charge in [0.25, 0.3) is 0 Å². The van der Waals surface area contributed by atoms with Gasteiger partial charge in [0.05, 0.1) is 0 Å². The van der Waals surface area contributed by atoms with E-state index in [2.05, 4.69) is 39.4 Å². The van der Waals surface area contributed by atoms with Crippen molar-refractivity contribution in [3.8, 4) is 12.1 Å². The van der Waals surface area contributed by atoms with Gasteiger partial charge in [-0.25, -0.2) is 0 Å². The second kappa shape index (κ2) is 7.17. The van der Waals surface area contributed by atoms with Crippen molar-refractivity contribution in [2.75, 3.05) is 26.2 Å². The van der Waals surface area contributed by atoms with Gasteiger partial charge in [-0.1, -0.05) is 30.3 Å². The number of piperidine rings is 1. The van der Waals surface area contributed by atoms with Crippen molar-refractivity contribution in [2.24, 2.45) is 0 Å². The molecular weight excluding hydrogens is 286 g/mol. The first-order chi connectivity index (χ1) is 11.3. The van der Waals surface area contributed by atoms with Crippen LogP contribution >= 0.6 is 0 Å². The monoisotopic (exact) mass is 307 g/mol. The first-order valence-electron chi connectivity index (χ1n) is 8.13. The number of hydrogen-bond donors (Lipinski definition) is 1. The molecule has 0 saturated carbocycles. The van der Waals surface area contributed by atoms with Crippen LogP contribution in [0, 0.1) is 22.7 Å². The number of nitriles is 2. The third-order valence-electron chi connectivity index (χ3n) is 4.64. The van der Waals surface area contributed by atoms with Gasteiger partial charge in [-0.15, -0.1) is 0 Å². The molecule has 2 aliphatic rings. The molecule has 23 heavy (non-hydrogen) atoms. The molecule has 0 spiro atoms. The van der Waals surface area contributed by atoms with Crippen LogP contribution in [0.4, 0.5) is 0 Å². The second-order valence-corrected chi connectivity index (χ2v) is 6.06. The Bertz CT molecular complexity index is 628. The summed E-state index contributed by atoms with van der Waals surface area (Å²) in [4.78, 5) is 4.70. The van der Waals surface area contributed by atoms with Gasteiger partial charge in [-0.3, -0.25) is 4.90 Å². The average Bonchev–Trinajstić information content (AvgIpc) is 3.07. The van der Waals surface area contributed by atoms with Crippen molar-refractivity contribution in [3.05, 3.63) is 47.3 Å². The van der Waals surface area contributed by atoms with Crippen LogP contribution in [-0.4, -0.2) is 42.0 Å². The highest BCUT2D eigenvalue weighted by Gasteiger charge is 2.30. The van der Waals surface area contributed by atoms with Crippen LogP contribution in [0.1, 0.15) is 18.4 Å². The topological polar surface area (TPSA) is 66.1 Å². The van der Waals surface area contributed by atoms with E-state index in [0.717, 1.165) is 51.4 Å². The zero-order valence-corrected chi connectivity index (χ0v) is 13.2. The van der Waals surface area contributed by atoms with E-state index in [4.69, 9.17) is 10.5 Å². The fourth-order valence-corrected chi connectivity index (χ4v) is 3.47. The summed E-state index contributed by atoms with van der Waals surface area (Å²) in [6, 6.07) is 15.0. The largest absolute Gasteiger partial charge is 0.368 e. The second-order valence-electron chi connectivity index (χ2n) is 6.06. The molecule has 0 aliphatic carbocycles. The molecule has 3 rings (SSSR count). The average molecular weight is 307 g/mol. The lowest BCUT2D eigenvalue weighted by Gasteiger charge is -2.37. The minimum absolute atomic E-state index is 0.203. The Hall–Kier alpha value is -2.50. The molecule has 2 fully saturated rings. The standard InChI is InChI=1S/C18H21N5/c19-12-16(13-20)18-21-8-11-23(18)17-6-9-22(10-7-17)14-15-4-2-1-3-5-15/h1-5,17,21H,6-11,14H2. The first-order valence-corrected chi connectivity index (χ1v) is 8.13. The fraction of sp³-hybridized carbons (Fsp3) is 0.444. The van der Waals surface area contributed by atoms with Gasteiger partial charge in [0.15, 0.2) is 5.57 Å². The molecule has 2 saturated heterocycles. The van der Waals surface area contributed by atoms with Crippen LogP contribution in [-0.2, 0) is 6.54 Å². The molecule has 1 aromatic carbocycles. The summed E-state index contributed by atoms with van der Waals surface area (Å²) in [5.74, 6) is 0.733. The number of allylic oxidation sites excluding steroid dienone is 1. The third-order valence-corrected chi connectivity index (χ3v) is 4.64. The lowest BCUT2D eigenvalue weighted by Crippen LogP contribution is -2.43. The summed E-state index contributed by atoms with van der Waals surface area (Å²) < 4.78 is 0. The van der Waals surface area contributed by atoms with E-state index in [-0.39, 0.29) is 5.57 Å². The lowest BCUT2D eigenvalue weighted by molar-refractivity contribution is 0.138. The molecule has 0 amide bonds. The highest BCUT2D eigenvalue weighted by atomic mass is 15.3. The van der Waals surface area contributed by atoms with Gasteiger partial charge in [0.1, 0.15) is 18.0 Å². The molecule has 0 aromatic heterocycles. The van der Waals surface area contributed by atoms with E-state index in [0.29, 0.717) is 6.04 Å². The van der Waals surface area contributed by atoms with Gasteiger partial charge in [0, 0.05) is 38.8 Å². The smallest absolute Gasteiger partial charge is 0.169 e. The number of rotatable bonds is 3. The van der Waals surface area contributed by atoms with E-state index in [1.807, 2.05) is 18.2 Å². The Kier molecular flexibility index (Phi) is 4.80. The molecule has 5 heteroatoms. The predicted molar refractivity (Wildman–Crippen MR) is 87.7 cm³/mol. The Balaban J connectivity index is 1.60. The van der Waals surface area contributed by atoms with Crippen molar-refractivity contribution in [3.63, 3.8) is 0 Å². The van der Waals surface area contributed by atoms with Crippen LogP contribution in [0.3, 0.4) is 0 Å². The Morgan fingerprint density at radius 3 is 2.43 bits per heavy atom. The van der Waals surface area contributed by atoms with E-state index >= 15 is 0 Å². The number of hydrogen-bond acceptors (Lipinski definition) is 5. The fourth-order valence-electron chi connectivity index (χ4n) is 3.47. The summed E-state index contributed by atoms with van der Waals surface area (Å²) in [6.07, 6.45) is 2.14. The molecular formula is C18H21N5. The van der Waals surface area contributed by atoms with Crippen LogP contribution in [0.15, 0.2) is 41.7 Å². The number of nitrogens with zero attached hydrogens (tertiary/aromatic N) is 4. The van der Waals surface area contributed by atoms with Gasteiger partial charge in [-0.05, 0) is 18.4 Å². The Morgan fingerprint density at radius 2 is 1.78 bits per heavy atom. The van der Waals surface area contributed by atoms with Crippen LogP contribution in [0.2, 0.25) is 0 Å². The molecule has 0 unspecified atom stereocenters. The summed E-state index contributed by atoms with van der Waals surface area (Å²) in [6.45, 7) is 4.80. The molecule has 0 atom stereocenters. The molecule has 0 radical (unpaired) electrons. The Labute approximate surface area is 137 Å². The molecule has 5 nitrogen and oxygen atoms in total. The summed E-state index contributed by atoms with van der Waals surface area (Å²) in [5, 5.41) is 21.4. The minimum Gasteiger partial charge on any atom is -0.368 e. The van der Waals surface area contributed by atoms with Crippen molar-refractivity contribution >= 4 is 0 Å². The Morgan fingerprint density at radius 1 is 1.09 bits per heavy atom. The summed E-state index contributed by atoms with van der Waals surface area (Å²) in [7, 11) is 0. The quantitative estimate of drug-likeness (QED) is 0.863. The summed E-state index contributed by atoms with van der Waals surface area (Å²) in [5.41, 5.74) is 1.56.